The predicted octanol–water partition coefficient (Wildman–Crippen LogP) is 3.36. The average molecular weight is 356 g/mol. The Morgan fingerprint density at radius 1 is 1.13 bits per heavy atom. The summed E-state index contributed by atoms with van der Waals surface area (Å²) >= 11 is 0. The zero-order valence-electron chi connectivity index (χ0n) is 13.0. The van der Waals surface area contributed by atoms with E-state index in [1.807, 2.05) is 30.3 Å². The fourth-order valence-electron chi connectivity index (χ4n) is 3.07. The maximum Gasteiger partial charge on any atom is 0.240 e. The number of rotatable bonds is 3. The van der Waals surface area contributed by atoms with Crippen LogP contribution < -0.4 is 11.1 Å². The number of nitrogens with zero attached hydrogens (tertiary/aromatic N) is 1. The fourth-order valence-corrected chi connectivity index (χ4v) is 3.07. The minimum atomic E-state index is -0.684. The molecule has 3 N–H and O–H groups in total. The summed E-state index contributed by atoms with van der Waals surface area (Å²) in [5, 5.41) is 4.08. The van der Waals surface area contributed by atoms with Crippen LogP contribution in [0, 0.1) is 0 Å². The van der Waals surface area contributed by atoms with Gasteiger partial charge in [-0.2, -0.15) is 0 Å². The normalized spacial score (nSPS) is 16.0. The summed E-state index contributed by atoms with van der Waals surface area (Å²) in [4.78, 5) is 16.8. The molecule has 0 saturated heterocycles. The molecular formula is C17H23Cl2N3O. The molecule has 1 amide bonds. The predicted molar refractivity (Wildman–Crippen MR) is 98.1 cm³/mol. The van der Waals surface area contributed by atoms with Crippen LogP contribution in [0.15, 0.2) is 36.5 Å². The van der Waals surface area contributed by atoms with Crippen molar-refractivity contribution in [1.82, 2.24) is 10.3 Å². The van der Waals surface area contributed by atoms with E-state index in [1.54, 1.807) is 6.20 Å². The highest BCUT2D eigenvalue weighted by Crippen LogP contribution is 2.26. The van der Waals surface area contributed by atoms with Gasteiger partial charge in [0.15, 0.2) is 0 Å². The highest BCUT2D eigenvalue weighted by molar-refractivity contribution is 5.87. The molecule has 1 heterocycles. The van der Waals surface area contributed by atoms with Gasteiger partial charge in [0.25, 0.3) is 0 Å². The first-order valence-corrected chi connectivity index (χ1v) is 7.59. The number of hydrogen-bond donors (Lipinski definition) is 2. The van der Waals surface area contributed by atoms with Gasteiger partial charge in [-0.05, 0) is 24.5 Å². The Labute approximate surface area is 149 Å². The maximum atomic E-state index is 12.4. The molecule has 3 rings (SSSR count). The number of hydrogen-bond acceptors (Lipinski definition) is 3. The second-order valence-electron chi connectivity index (χ2n) is 5.89. The van der Waals surface area contributed by atoms with Gasteiger partial charge < -0.3 is 11.1 Å². The standard InChI is InChI=1S/C17H21N3O.2ClH/c18-17(9-2-1-3-10-17)16(21)20-12-14-7-4-6-13-8-5-11-19-15(13)14;;/h4-8,11H,1-3,9-10,12,18H2,(H,20,21);2*1H. The Hall–Kier alpha value is -1.36. The summed E-state index contributed by atoms with van der Waals surface area (Å²) < 4.78 is 0. The Morgan fingerprint density at radius 2 is 1.83 bits per heavy atom. The second kappa shape index (κ2) is 8.48. The summed E-state index contributed by atoms with van der Waals surface area (Å²) in [7, 11) is 0. The van der Waals surface area contributed by atoms with Gasteiger partial charge in [-0.1, -0.05) is 43.5 Å². The Bertz CT molecular complexity index is 652. The molecule has 1 saturated carbocycles. The Morgan fingerprint density at radius 3 is 2.57 bits per heavy atom. The summed E-state index contributed by atoms with van der Waals surface area (Å²) in [6, 6.07) is 9.96. The molecule has 0 atom stereocenters. The lowest BCUT2D eigenvalue weighted by Gasteiger charge is -2.31. The number of fused-ring (bicyclic) bond motifs is 1. The Balaban J connectivity index is 0.00000132. The first kappa shape index (κ1) is 19.7. The number of carbonyl (C=O) groups excluding carboxylic acids is 1. The molecule has 0 bridgehead atoms. The molecule has 1 aromatic carbocycles. The maximum absolute atomic E-state index is 12.4. The topological polar surface area (TPSA) is 68.0 Å². The van der Waals surface area contributed by atoms with Gasteiger partial charge in [-0.3, -0.25) is 9.78 Å². The number of amides is 1. The SMILES string of the molecule is Cl.Cl.NC1(C(=O)NCc2cccc3cccnc23)CCCCC1. The van der Waals surface area contributed by atoms with Crippen LogP contribution in [0.5, 0.6) is 0 Å². The lowest BCUT2D eigenvalue weighted by Crippen LogP contribution is -2.54. The van der Waals surface area contributed by atoms with Crippen molar-refractivity contribution in [3.05, 3.63) is 42.1 Å². The van der Waals surface area contributed by atoms with Crippen molar-refractivity contribution in [2.24, 2.45) is 5.73 Å². The van der Waals surface area contributed by atoms with Crippen LogP contribution in [-0.4, -0.2) is 16.4 Å². The minimum Gasteiger partial charge on any atom is -0.350 e. The van der Waals surface area contributed by atoms with E-state index in [2.05, 4.69) is 10.3 Å². The van der Waals surface area contributed by atoms with Crippen LogP contribution in [0.1, 0.15) is 37.7 Å². The zero-order valence-corrected chi connectivity index (χ0v) is 14.6. The van der Waals surface area contributed by atoms with Crippen molar-refractivity contribution < 1.29 is 4.79 Å². The summed E-state index contributed by atoms with van der Waals surface area (Å²) in [6.45, 7) is 0.478. The van der Waals surface area contributed by atoms with Gasteiger partial charge in [-0.15, -0.1) is 24.8 Å². The first-order chi connectivity index (χ1) is 10.2. The molecule has 0 unspecified atom stereocenters. The summed E-state index contributed by atoms with van der Waals surface area (Å²) in [5.74, 6) is -0.0323. The van der Waals surface area contributed by atoms with Gasteiger partial charge in [0.1, 0.15) is 0 Å². The van der Waals surface area contributed by atoms with E-state index in [9.17, 15) is 4.79 Å². The molecule has 1 aliphatic carbocycles. The van der Waals surface area contributed by atoms with Crippen molar-refractivity contribution in [2.75, 3.05) is 0 Å². The molecule has 126 valence electrons. The van der Waals surface area contributed by atoms with Crippen LogP contribution in [0.4, 0.5) is 0 Å². The minimum absolute atomic E-state index is 0. The molecule has 1 aromatic heterocycles. The van der Waals surface area contributed by atoms with Crippen LogP contribution in [0.3, 0.4) is 0 Å². The molecule has 1 aliphatic rings. The highest BCUT2D eigenvalue weighted by atomic mass is 35.5. The Kier molecular flexibility index (Phi) is 7.26. The quantitative estimate of drug-likeness (QED) is 0.886. The van der Waals surface area contributed by atoms with Crippen molar-refractivity contribution in [2.45, 2.75) is 44.2 Å². The third-order valence-electron chi connectivity index (χ3n) is 4.35. The summed E-state index contributed by atoms with van der Waals surface area (Å²) in [6.07, 6.45) is 6.61. The number of halogens is 2. The van der Waals surface area contributed by atoms with Gasteiger partial charge in [-0.25, -0.2) is 0 Å². The average Bonchev–Trinajstić information content (AvgIpc) is 2.53. The van der Waals surface area contributed by atoms with Crippen LogP contribution in [0.25, 0.3) is 10.9 Å². The third kappa shape index (κ3) is 4.34. The molecular weight excluding hydrogens is 333 g/mol. The van der Waals surface area contributed by atoms with E-state index in [1.165, 1.54) is 6.42 Å². The first-order valence-electron chi connectivity index (χ1n) is 7.59. The van der Waals surface area contributed by atoms with Gasteiger partial charge >= 0.3 is 0 Å². The van der Waals surface area contributed by atoms with E-state index in [0.717, 1.165) is 42.1 Å². The van der Waals surface area contributed by atoms with E-state index >= 15 is 0 Å². The largest absolute Gasteiger partial charge is 0.350 e. The molecule has 2 aromatic rings. The number of nitrogens with one attached hydrogen (secondary N) is 1. The summed E-state index contributed by atoms with van der Waals surface area (Å²) in [5.41, 5.74) is 7.54. The van der Waals surface area contributed by atoms with Crippen molar-refractivity contribution in [3.8, 4) is 0 Å². The van der Waals surface area contributed by atoms with Gasteiger partial charge in [0.05, 0.1) is 11.1 Å². The monoisotopic (exact) mass is 355 g/mol. The molecule has 0 radical (unpaired) electrons. The molecule has 6 heteroatoms. The molecule has 1 fully saturated rings. The molecule has 4 nitrogen and oxygen atoms in total. The van der Waals surface area contributed by atoms with Crippen LogP contribution in [0.2, 0.25) is 0 Å². The van der Waals surface area contributed by atoms with Crippen LogP contribution in [-0.2, 0) is 11.3 Å². The van der Waals surface area contributed by atoms with E-state index in [-0.39, 0.29) is 30.7 Å². The third-order valence-corrected chi connectivity index (χ3v) is 4.35. The van der Waals surface area contributed by atoms with Crippen molar-refractivity contribution in [3.63, 3.8) is 0 Å². The number of carbonyl (C=O) groups is 1. The lowest BCUT2D eigenvalue weighted by atomic mass is 9.82. The van der Waals surface area contributed by atoms with E-state index < -0.39 is 5.54 Å². The molecule has 0 aliphatic heterocycles. The van der Waals surface area contributed by atoms with Gasteiger partial charge in [0, 0.05) is 18.1 Å². The molecule has 23 heavy (non-hydrogen) atoms. The number of aromatic nitrogens is 1. The smallest absolute Gasteiger partial charge is 0.240 e. The second-order valence-corrected chi connectivity index (χ2v) is 5.89. The number of para-hydroxylation sites is 1. The zero-order chi connectivity index (χ0) is 14.7. The number of pyridine rings is 1. The van der Waals surface area contributed by atoms with E-state index in [0.29, 0.717) is 6.54 Å². The van der Waals surface area contributed by atoms with E-state index in [4.69, 9.17) is 5.73 Å². The number of benzene rings is 1. The lowest BCUT2D eigenvalue weighted by molar-refractivity contribution is -0.127. The number of nitrogens with two attached hydrogens (primary N) is 1. The van der Waals surface area contributed by atoms with Crippen molar-refractivity contribution >= 4 is 41.6 Å². The fraction of sp³-hybridized carbons (Fsp3) is 0.412. The van der Waals surface area contributed by atoms with Crippen LogP contribution >= 0.6 is 24.8 Å². The highest BCUT2D eigenvalue weighted by Gasteiger charge is 2.34. The van der Waals surface area contributed by atoms with Gasteiger partial charge in [0.2, 0.25) is 5.91 Å². The molecule has 0 spiro atoms. The van der Waals surface area contributed by atoms with Crippen molar-refractivity contribution in [1.29, 1.82) is 0 Å².